The first-order chi connectivity index (χ1) is 13.2. The van der Waals surface area contributed by atoms with Crippen molar-refractivity contribution in [2.75, 3.05) is 27.0 Å². The summed E-state index contributed by atoms with van der Waals surface area (Å²) in [6.45, 7) is 4.76. The summed E-state index contributed by atoms with van der Waals surface area (Å²) in [4.78, 5) is 15.1. The predicted molar refractivity (Wildman–Crippen MR) is 103 cm³/mol. The number of carbonyl (C=O) groups is 1. The smallest absolute Gasteiger partial charge is 0.232 e. The van der Waals surface area contributed by atoms with E-state index in [9.17, 15) is 4.79 Å². The van der Waals surface area contributed by atoms with E-state index in [1.807, 2.05) is 43.3 Å². The summed E-state index contributed by atoms with van der Waals surface area (Å²) in [6, 6.07) is 11.7. The highest BCUT2D eigenvalue weighted by Crippen LogP contribution is 2.44. The number of rotatable bonds is 5. The number of fused-ring (bicyclic) bond motifs is 3. The Labute approximate surface area is 159 Å². The molecule has 4 rings (SSSR count). The summed E-state index contributed by atoms with van der Waals surface area (Å²) in [5.74, 6) is 1.76. The van der Waals surface area contributed by atoms with Gasteiger partial charge in [-0.2, -0.15) is 0 Å². The summed E-state index contributed by atoms with van der Waals surface area (Å²) in [5, 5.41) is 0. The number of benzene rings is 2. The van der Waals surface area contributed by atoms with Gasteiger partial charge in [-0.1, -0.05) is 30.3 Å². The van der Waals surface area contributed by atoms with Crippen molar-refractivity contribution in [3.63, 3.8) is 0 Å². The molecule has 2 heterocycles. The molecule has 0 aliphatic carbocycles. The lowest BCUT2D eigenvalue weighted by Crippen LogP contribution is -2.33. The molecule has 27 heavy (non-hydrogen) atoms. The summed E-state index contributed by atoms with van der Waals surface area (Å²) in [5.41, 5.74) is 3.43. The summed E-state index contributed by atoms with van der Waals surface area (Å²) in [6.07, 6.45) is 2.73. The molecule has 0 fully saturated rings. The van der Waals surface area contributed by atoms with E-state index < -0.39 is 0 Å². The van der Waals surface area contributed by atoms with Crippen LogP contribution in [-0.4, -0.2) is 37.7 Å². The van der Waals surface area contributed by atoms with Crippen molar-refractivity contribution in [1.29, 1.82) is 0 Å². The molecule has 0 N–H and O–H groups in total. The maximum Gasteiger partial charge on any atom is 0.232 e. The second kappa shape index (κ2) is 7.55. The molecule has 140 valence electrons. The van der Waals surface area contributed by atoms with E-state index >= 15 is 0 Å². The number of hydrogen-bond donors (Lipinski definition) is 0. The highest BCUT2D eigenvalue weighted by Gasteiger charge is 2.35. The maximum atomic E-state index is 12.9. The molecule has 0 spiro atoms. The van der Waals surface area contributed by atoms with Crippen LogP contribution in [0.25, 0.3) is 6.08 Å². The molecule has 2 aromatic rings. The summed E-state index contributed by atoms with van der Waals surface area (Å²) < 4.78 is 17.1. The van der Waals surface area contributed by atoms with Gasteiger partial charge in [0.25, 0.3) is 0 Å². The second-order valence-electron chi connectivity index (χ2n) is 6.90. The van der Waals surface area contributed by atoms with Crippen LogP contribution in [0.4, 0.5) is 0 Å². The largest absolute Gasteiger partial charge is 0.478 e. The zero-order valence-corrected chi connectivity index (χ0v) is 15.7. The van der Waals surface area contributed by atoms with Crippen LogP contribution in [-0.2, 0) is 11.3 Å². The van der Waals surface area contributed by atoms with Crippen LogP contribution in [0.1, 0.15) is 33.5 Å². The van der Waals surface area contributed by atoms with Crippen molar-refractivity contribution in [3.05, 3.63) is 64.4 Å². The molecule has 0 bridgehead atoms. The van der Waals surface area contributed by atoms with E-state index in [4.69, 9.17) is 14.2 Å². The van der Waals surface area contributed by atoms with Gasteiger partial charge in [-0.25, -0.2) is 0 Å². The predicted octanol–water partition coefficient (Wildman–Crippen LogP) is 3.80. The molecule has 2 aromatic carbocycles. The molecular formula is C22H23NO4. The van der Waals surface area contributed by atoms with Crippen LogP contribution in [0.3, 0.4) is 0 Å². The number of ketones is 1. The van der Waals surface area contributed by atoms with Crippen LogP contribution in [0.2, 0.25) is 0 Å². The minimum atomic E-state index is -0.0642. The van der Waals surface area contributed by atoms with Gasteiger partial charge >= 0.3 is 0 Å². The number of carbonyl (C=O) groups excluding carboxylic acids is 1. The van der Waals surface area contributed by atoms with Gasteiger partial charge in [0, 0.05) is 26.8 Å². The molecule has 0 saturated carbocycles. The van der Waals surface area contributed by atoms with Gasteiger partial charge in [0.1, 0.15) is 18.2 Å². The minimum Gasteiger partial charge on any atom is -0.478 e. The van der Waals surface area contributed by atoms with Gasteiger partial charge in [0.05, 0.1) is 11.1 Å². The fourth-order valence-corrected chi connectivity index (χ4v) is 3.55. The highest BCUT2D eigenvalue weighted by atomic mass is 16.5. The second-order valence-corrected chi connectivity index (χ2v) is 6.90. The third-order valence-electron chi connectivity index (χ3n) is 4.91. The number of ether oxygens (including phenoxy) is 3. The molecule has 5 nitrogen and oxygen atoms in total. The molecule has 0 amide bonds. The normalized spacial score (nSPS) is 17.4. The Morgan fingerprint density at radius 1 is 1.26 bits per heavy atom. The average Bonchev–Trinajstić information content (AvgIpc) is 3.00. The average molecular weight is 365 g/mol. The van der Waals surface area contributed by atoms with E-state index in [1.54, 1.807) is 13.2 Å². The summed E-state index contributed by atoms with van der Waals surface area (Å²) >= 11 is 0. The first kappa shape index (κ1) is 17.8. The number of hydrogen-bond acceptors (Lipinski definition) is 5. The molecule has 0 saturated heterocycles. The van der Waals surface area contributed by atoms with E-state index in [-0.39, 0.29) is 5.78 Å². The van der Waals surface area contributed by atoms with E-state index in [0.717, 1.165) is 35.4 Å². The van der Waals surface area contributed by atoms with Crippen LogP contribution in [0.15, 0.2) is 42.2 Å². The molecule has 2 aliphatic heterocycles. The number of methoxy groups -OCH3 is 1. The van der Waals surface area contributed by atoms with E-state index in [0.29, 0.717) is 37.0 Å². The zero-order valence-electron chi connectivity index (χ0n) is 15.7. The van der Waals surface area contributed by atoms with Crippen molar-refractivity contribution in [1.82, 2.24) is 4.90 Å². The lowest BCUT2D eigenvalue weighted by Gasteiger charge is -2.30. The highest BCUT2D eigenvalue weighted by molar-refractivity contribution is 6.15. The molecule has 0 radical (unpaired) electrons. The lowest BCUT2D eigenvalue weighted by atomic mass is 9.98. The van der Waals surface area contributed by atoms with Crippen molar-refractivity contribution >= 4 is 11.9 Å². The Morgan fingerprint density at radius 3 is 2.85 bits per heavy atom. The zero-order chi connectivity index (χ0) is 18.8. The Kier molecular flexibility index (Phi) is 4.97. The third kappa shape index (κ3) is 3.48. The van der Waals surface area contributed by atoms with Gasteiger partial charge in [-0.3, -0.25) is 9.69 Å². The van der Waals surface area contributed by atoms with Crippen molar-refractivity contribution in [2.24, 2.45) is 0 Å². The van der Waals surface area contributed by atoms with Crippen molar-refractivity contribution in [3.8, 4) is 11.5 Å². The minimum absolute atomic E-state index is 0.0642. The fourth-order valence-electron chi connectivity index (χ4n) is 3.55. The van der Waals surface area contributed by atoms with Crippen molar-refractivity contribution < 1.29 is 19.0 Å². The SMILES string of the molecule is COCCCN1COc2cc(C)c3c(c2C1)O/C(=C\c1ccccc1)C3=O. The molecule has 0 atom stereocenters. The number of Topliss-reactive ketones (excluding diaryl/α,β-unsaturated/α-hetero) is 1. The van der Waals surface area contributed by atoms with Gasteiger partial charge in [0.15, 0.2) is 5.76 Å². The first-order valence-corrected chi connectivity index (χ1v) is 9.17. The van der Waals surface area contributed by atoms with Gasteiger partial charge in [-0.05, 0) is 36.6 Å². The van der Waals surface area contributed by atoms with Gasteiger partial charge in [-0.15, -0.1) is 0 Å². The fraction of sp³-hybridized carbons (Fsp3) is 0.318. The van der Waals surface area contributed by atoms with E-state index in [2.05, 4.69) is 4.90 Å². The Balaban J connectivity index is 1.64. The molecule has 5 heteroatoms. The number of nitrogens with zero attached hydrogens (tertiary/aromatic N) is 1. The topological polar surface area (TPSA) is 48.0 Å². The monoisotopic (exact) mass is 365 g/mol. The van der Waals surface area contributed by atoms with Crippen LogP contribution < -0.4 is 9.47 Å². The Bertz CT molecular complexity index is 889. The summed E-state index contributed by atoms with van der Waals surface area (Å²) in [7, 11) is 1.71. The Morgan fingerprint density at radius 2 is 2.07 bits per heavy atom. The van der Waals surface area contributed by atoms with E-state index in [1.165, 1.54) is 0 Å². The number of aryl methyl sites for hydroxylation is 1. The van der Waals surface area contributed by atoms with Crippen LogP contribution in [0.5, 0.6) is 11.5 Å². The first-order valence-electron chi connectivity index (χ1n) is 9.17. The maximum absolute atomic E-state index is 12.9. The Hall–Kier alpha value is -2.63. The standard InChI is InChI=1S/C22H23NO4/c1-15-11-18-17(13-23(14-26-18)9-6-10-25-2)22-20(15)21(24)19(27-22)12-16-7-4-3-5-8-16/h3-5,7-8,11-12H,6,9-10,13-14H2,1-2H3/b19-12-. The number of allylic oxidation sites excluding steroid dienone is 1. The van der Waals surface area contributed by atoms with Crippen LogP contribution >= 0.6 is 0 Å². The van der Waals surface area contributed by atoms with Crippen molar-refractivity contribution in [2.45, 2.75) is 19.9 Å². The third-order valence-corrected chi connectivity index (χ3v) is 4.91. The molecule has 2 aliphatic rings. The molecule has 0 unspecified atom stereocenters. The molecular weight excluding hydrogens is 342 g/mol. The molecule has 0 aromatic heterocycles. The van der Waals surface area contributed by atoms with Gasteiger partial charge < -0.3 is 14.2 Å². The quantitative estimate of drug-likeness (QED) is 0.596. The lowest BCUT2D eigenvalue weighted by molar-refractivity contribution is 0.0822. The van der Waals surface area contributed by atoms with Crippen LogP contribution in [0, 0.1) is 6.92 Å². The van der Waals surface area contributed by atoms with Gasteiger partial charge in [0.2, 0.25) is 5.78 Å².